The third-order valence-electron chi connectivity index (χ3n) is 5.86. The Morgan fingerprint density at radius 3 is 2.43 bits per heavy atom. The monoisotopic (exact) mass is 433 g/mol. The Bertz CT molecular complexity index is 1210. The lowest BCUT2D eigenvalue weighted by Gasteiger charge is -2.35. The van der Waals surface area contributed by atoms with Crippen molar-refractivity contribution in [3.8, 4) is 0 Å². The summed E-state index contributed by atoms with van der Waals surface area (Å²) in [5, 5.41) is 0.282. The van der Waals surface area contributed by atoms with Crippen LogP contribution in [0.5, 0.6) is 0 Å². The van der Waals surface area contributed by atoms with E-state index in [1.165, 1.54) is 17.7 Å². The van der Waals surface area contributed by atoms with Gasteiger partial charge in [0.15, 0.2) is 11.2 Å². The molecule has 3 heterocycles. The number of nitrogens with zero attached hydrogens (tertiary/aromatic N) is 5. The molecule has 1 aliphatic rings. The van der Waals surface area contributed by atoms with Crippen LogP contribution in [-0.2, 0) is 20.6 Å². The highest BCUT2D eigenvalue weighted by atomic mass is 35.5. The Morgan fingerprint density at radius 1 is 1.13 bits per heavy atom. The van der Waals surface area contributed by atoms with E-state index in [0.717, 1.165) is 24.1 Å². The van der Waals surface area contributed by atoms with E-state index >= 15 is 0 Å². The molecule has 1 aliphatic heterocycles. The first kappa shape index (κ1) is 20.7. The molecule has 1 aromatic carbocycles. The maximum Gasteiger partial charge on any atom is 0.332 e. The first-order chi connectivity index (χ1) is 14.2. The van der Waals surface area contributed by atoms with Crippen molar-refractivity contribution >= 4 is 28.7 Å². The van der Waals surface area contributed by atoms with Gasteiger partial charge < -0.3 is 4.90 Å². The van der Waals surface area contributed by atoms with Gasteiger partial charge in [-0.05, 0) is 30.4 Å². The molecule has 3 aromatic rings. The van der Waals surface area contributed by atoms with Crippen molar-refractivity contribution < 1.29 is 4.39 Å². The average Bonchev–Trinajstić information content (AvgIpc) is 3.06. The molecule has 2 aromatic heterocycles. The van der Waals surface area contributed by atoms with Gasteiger partial charge in [-0.15, -0.1) is 0 Å². The minimum atomic E-state index is -0.461. The second-order valence-electron chi connectivity index (χ2n) is 8.43. The summed E-state index contributed by atoms with van der Waals surface area (Å²) >= 11 is 6.28. The van der Waals surface area contributed by atoms with E-state index in [2.05, 4.69) is 18.7 Å². The van der Waals surface area contributed by atoms with Gasteiger partial charge in [-0.25, -0.2) is 9.18 Å². The van der Waals surface area contributed by atoms with Crippen LogP contribution in [0.1, 0.15) is 25.8 Å². The van der Waals surface area contributed by atoms with Crippen molar-refractivity contribution in [2.45, 2.75) is 26.8 Å². The third-order valence-corrected chi connectivity index (χ3v) is 6.21. The minimum Gasteiger partial charge on any atom is -0.342 e. The molecule has 0 bridgehead atoms. The van der Waals surface area contributed by atoms with Crippen LogP contribution in [0.25, 0.3) is 11.2 Å². The van der Waals surface area contributed by atoms with Crippen molar-refractivity contribution in [1.82, 2.24) is 18.7 Å². The predicted molar refractivity (Wildman–Crippen MR) is 116 cm³/mol. The Kier molecular flexibility index (Phi) is 5.22. The number of hydrogen-bond donors (Lipinski definition) is 0. The molecule has 0 N–H and O–H groups in total. The molecule has 0 amide bonds. The van der Waals surface area contributed by atoms with Crippen LogP contribution in [0.2, 0.25) is 5.02 Å². The molecule has 1 saturated heterocycles. The number of anilines is 1. The second kappa shape index (κ2) is 7.58. The van der Waals surface area contributed by atoms with Crippen LogP contribution < -0.4 is 16.1 Å². The van der Waals surface area contributed by atoms with E-state index in [-0.39, 0.29) is 28.3 Å². The number of hydrogen-bond acceptors (Lipinski definition) is 4. The Hall–Kier alpha value is -2.61. The zero-order valence-electron chi connectivity index (χ0n) is 17.5. The molecule has 0 spiro atoms. The molecule has 7 nitrogen and oxygen atoms in total. The zero-order chi connectivity index (χ0) is 21.7. The molecule has 9 heteroatoms. The summed E-state index contributed by atoms with van der Waals surface area (Å²) in [4.78, 5) is 32.3. The Balaban J connectivity index is 2.00. The molecule has 0 saturated carbocycles. The number of aromatic nitrogens is 4. The molecule has 4 rings (SSSR count). The van der Waals surface area contributed by atoms with Crippen LogP contribution in [0.3, 0.4) is 0 Å². The second-order valence-corrected chi connectivity index (χ2v) is 8.83. The fourth-order valence-corrected chi connectivity index (χ4v) is 4.72. The summed E-state index contributed by atoms with van der Waals surface area (Å²) in [5.74, 6) is 1.01. The molecular formula is C21H25ClFN5O2. The molecule has 0 aliphatic carbocycles. The minimum absolute atomic E-state index is 0.0457. The maximum atomic E-state index is 14.6. The summed E-state index contributed by atoms with van der Waals surface area (Å²) in [6.07, 6.45) is 1.11. The number of piperidine rings is 1. The highest BCUT2D eigenvalue weighted by Crippen LogP contribution is 2.30. The fourth-order valence-electron chi connectivity index (χ4n) is 4.49. The average molecular weight is 434 g/mol. The van der Waals surface area contributed by atoms with Crippen LogP contribution in [0, 0.1) is 17.7 Å². The summed E-state index contributed by atoms with van der Waals surface area (Å²) in [5.41, 5.74) is -0.0737. The van der Waals surface area contributed by atoms with Crippen molar-refractivity contribution in [2.24, 2.45) is 25.9 Å². The summed E-state index contributed by atoms with van der Waals surface area (Å²) in [6.45, 7) is 5.94. The highest BCUT2D eigenvalue weighted by molar-refractivity contribution is 6.31. The highest BCUT2D eigenvalue weighted by Gasteiger charge is 2.28. The summed E-state index contributed by atoms with van der Waals surface area (Å²) in [7, 11) is 3.02. The number of aryl methyl sites for hydroxylation is 1. The number of rotatable bonds is 3. The van der Waals surface area contributed by atoms with Gasteiger partial charge in [-0.2, -0.15) is 4.98 Å². The Morgan fingerprint density at radius 2 is 1.80 bits per heavy atom. The third kappa shape index (κ3) is 3.33. The lowest BCUT2D eigenvalue weighted by atomic mass is 9.92. The lowest BCUT2D eigenvalue weighted by molar-refractivity contribution is 0.352. The van der Waals surface area contributed by atoms with Gasteiger partial charge >= 0.3 is 5.69 Å². The van der Waals surface area contributed by atoms with Gasteiger partial charge in [0.25, 0.3) is 5.56 Å². The van der Waals surface area contributed by atoms with E-state index in [1.807, 2.05) is 0 Å². The number of halogens is 2. The predicted octanol–water partition coefficient (Wildman–Crippen LogP) is 2.76. The normalized spacial score (nSPS) is 19.6. The van der Waals surface area contributed by atoms with E-state index in [9.17, 15) is 14.0 Å². The van der Waals surface area contributed by atoms with E-state index in [1.54, 1.807) is 23.7 Å². The SMILES string of the molecule is C[C@H]1C[C@H](C)CN(c2nc3c(c(=O)n(C)c(=O)n3C)n2Cc2c(F)cccc2Cl)C1. The smallest absolute Gasteiger partial charge is 0.332 e. The molecule has 0 unspecified atom stereocenters. The quantitative estimate of drug-likeness (QED) is 0.637. The van der Waals surface area contributed by atoms with Crippen LogP contribution >= 0.6 is 11.6 Å². The van der Waals surface area contributed by atoms with Gasteiger partial charge in [-0.1, -0.05) is 31.5 Å². The Labute approximate surface area is 178 Å². The number of benzene rings is 1. The van der Waals surface area contributed by atoms with E-state index in [0.29, 0.717) is 17.8 Å². The summed E-state index contributed by atoms with van der Waals surface area (Å²) < 4.78 is 18.7. The largest absolute Gasteiger partial charge is 0.342 e. The van der Waals surface area contributed by atoms with E-state index in [4.69, 9.17) is 16.6 Å². The lowest BCUT2D eigenvalue weighted by Crippen LogP contribution is -2.40. The molecular weight excluding hydrogens is 409 g/mol. The number of imidazole rings is 1. The van der Waals surface area contributed by atoms with Crippen LogP contribution in [0.4, 0.5) is 10.3 Å². The standard InChI is InChI=1S/C21H25ClFN5O2/c1-12-8-13(2)10-27(9-12)20-24-18-17(19(29)26(4)21(30)25(18)3)28(20)11-14-15(22)6-5-7-16(14)23/h5-7,12-13H,8-11H2,1-4H3/t12-,13-/m0/s1. The van der Waals surface area contributed by atoms with Crippen molar-refractivity contribution in [3.63, 3.8) is 0 Å². The van der Waals surface area contributed by atoms with Crippen molar-refractivity contribution in [1.29, 1.82) is 0 Å². The zero-order valence-corrected chi connectivity index (χ0v) is 18.3. The van der Waals surface area contributed by atoms with Crippen LogP contribution in [-0.4, -0.2) is 31.8 Å². The van der Waals surface area contributed by atoms with Gasteiger partial charge in [0.1, 0.15) is 5.82 Å². The molecule has 30 heavy (non-hydrogen) atoms. The van der Waals surface area contributed by atoms with Gasteiger partial charge in [0.05, 0.1) is 6.54 Å². The first-order valence-corrected chi connectivity index (χ1v) is 10.4. The van der Waals surface area contributed by atoms with Crippen molar-refractivity contribution in [2.75, 3.05) is 18.0 Å². The van der Waals surface area contributed by atoms with Crippen molar-refractivity contribution in [3.05, 3.63) is 55.4 Å². The fraction of sp³-hybridized carbons (Fsp3) is 0.476. The molecule has 0 radical (unpaired) electrons. The van der Waals surface area contributed by atoms with E-state index < -0.39 is 17.1 Å². The van der Waals surface area contributed by atoms with Crippen LogP contribution in [0.15, 0.2) is 27.8 Å². The first-order valence-electron chi connectivity index (χ1n) is 10.0. The van der Waals surface area contributed by atoms with Gasteiger partial charge in [-0.3, -0.25) is 18.5 Å². The van der Waals surface area contributed by atoms with Gasteiger partial charge in [0, 0.05) is 37.8 Å². The molecule has 2 atom stereocenters. The topological polar surface area (TPSA) is 65.1 Å². The van der Waals surface area contributed by atoms with Gasteiger partial charge in [0.2, 0.25) is 5.95 Å². The molecule has 160 valence electrons. The summed E-state index contributed by atoms with van der Waals surface area (Å²) in [6, 6.07) is 4.52. The number of fused-ring (bicyclic) bond motifs is 1. The molecule has 1 fully saturated rings. The maximum absolute atomic E-state index is 14.6.